The minimum absolute atomic E-state index is 0.431. The third-order valence-corrected chi connectivity index (χ3v) is 4.14. The van der Waals surface area contributed by atoms with Gasteiger partial charge in [-0.05, 0) is 56.1 Å². The van der Waals surface area contributed by atoms with Gasteiger partial charge in [0, 0.05) is 15.7 Å². The van der Waals surface area contributed by atoms with Gasteiger partial charge in [0.1, 0.15) is 12.4 Å². The van der Waals surface area contributed by atoms with Crippen molar-refractivity contribution >= 4 is 53.5 Å². The van der Waals surface area contributed by atoms with Crippen LogP contribution in [0.4, 0.5) is 5.69 Å². The molecule has 2 aromatic rings. The average molecular weight is 436 g/mol. The Morgan fingerprint density at radius 2 is 1.67 bits per heavy atom. The summed E-state index contributed by atoms with van der Waals surface area (Å²) in [5.74, 6) is 0.778. The van der Waals surface area contributed by atoms with Crippen LogP contribution in [0.1, 0.15) is 5.56 Å². The fourth-order valence-electron chi connectivity index (χ4n) is 1.47. The molecule has 2 aromatic carbocycles. The van der Waals surface area contributed by atoms with Crippen LogP contribution in [-0.2, 0) is 6.61 Å². The normalized spacial score (nSPS) is 10.4. The zero-order valence-corrected chi connectivity index (χ0v) is 14.0. The van der Waals surface area contributed by atoms with E-state index < -0.39 is 0 Å². The summed E-state index contributed by atoms with van der Waals surface area (Å²) in [6.45, 7) is 0.431. The van der Waals surface area contributed by atoms with Crippen LogP contribution in [0.5, 0.6) is 5.75 Å². The van der Waals surface area contributed by atoms with Crippen LogP contribution in [0.15, 0.2) is 49.8 Å². The largest absolute Gasteiger partial charge is 0.486 e. The third-order valence-electron chi connectivity index (χ3n) is 2.40. The molecule has 18 heavy (non-hydrogen) atoms. The lowest BCUT2D eigenvalue weighted by atomic mass is 10.2. The van der Waals surface area contributed by atoms with Crippen molar-refractivity contribution in [1.29, 1.82) is 0 Å². The topological polar surface area (TPSA) is 35.2 Å². The van der Waals surface area contributed by atoms with E-state index in [2.05, 4.69) is 47.8 Å². The smallest absolute Gasteiger partial charge is 0.148 e. The van der Waals surface area contributed by atoms with Crippen molar-refractivity contribution in [3.63, 3.8) is 0 Å². The van der Waals surface area contributed by atoms with Gasteiger partial charge < -0.3 is 10.5 Å². The molecule has 0 fully saturated rings. The molecule has 2 nitrogen and oxygen atoms in total. The van der Waals surface area contributed by atoms with Gasteiger partial charge >= 0.3 is 0 Å². The van der Waals surface area contributed by atoms with Crippen LogP contribution in [0, 0.1) is 0 Å². The molecule has 0 aliphatic heterocycles. The van der Waals surface area contributed by atoms with Gasteiger partial charge in [0.25, 0.3) is 0 Å². The molecule has 2 rings (SSSR count). The highest BCUT2D eigenvalue weighted by Crippen LogP contribution is 2.34. The molecule has 0 aromatic heterocycles. The van der Waals surface area contributed by atoms with Gasteiger partial charge in [-0.3, -0.25) is 0 Å². The second kappa shape index (κ2) is 6.08. The highest BCUT2D eigenvalue weighted by Gasteiger charge is 2.07. The monoisotopic (exact) mass is 433 g/mol. The number of anilines is 1. The molecule has 0 unspecified atom stereocenters. The Morgan fingerprint density at radius 3 is 2.28 bits per heavy atom. The Labute approximate surface area is 131 Å². The van der Waals surface area contributed by atoms with Crippen molar-refractivity contribution in [3.8, 4) is 5.75 Å². The van der Waals surface area contributed by atoms with Gasteiger partial charge in [-0.15, -0.1) is 0 Å². The third kappa shape index (κ3) is 3.28. The lowest BCUT2D eigenvalue weighted by molar-refractivity contribution is 0.303. The van der Waals surface area contributed by atoms with Crippen LogP contribution >= 0.6 is 47.8 Å². The van der Waals surface area contributed by atoms with Crippen LogP contribution in [-0.4, -0.2) is 0 Å². The number of hydrogen-bond donors (Lipinski definition) is 1. The van der Waals surface area contributed by atoms with Gasteiger partial charge in [-0.1, -0.05) is 28.1 Å². The highest BCUT2D eigenvalue weighted by molar-refractivity contribution is 9.11. The van der Waals surface area contributed by atoms with Gasteiger partial charge in [0.2, 0.25) is 0 Å². The van der Waals surface area contributed by atoms with Crippen molar-refractivity contribution < 1.29 is 4.74 Å². The fourth-order valence-corrected chi connectivity index (χ4v) is 3.07. The molecule has 0 saturated carbocycles. The maximum atomic E-state index is 5.93. The summed E-state index contributed by atoms with van der Waals surface area (Å²) in [6.07, 6.45) is 0. The van der Waals surface area contributed by atoms with E-state index in [1.165, 1.54) is 0 Å². The summed E-state index contributed by atoms with van der Waals surface area (Å²) in [6, 6.07) is 11.6. The quantitative estimate of drug-likeness (QED) is 0.678. The summed E-state index contributed by atoms with van der Waals surface area (Å²) in [7, 11) is 0. The number of nitrogens with two attached hydrogens (primary N) is 1. The summed E-state index contributed by atoms with van der Waals surface area (Å²) in [5.41, 5.74) is 7.60. The molecule has 0 bridgehead atoms. The van der Waals surface area contributed by atoms with E-state index in [0.717, 1.165) is 24.7 Å². The maximum absolute atomic E-state index is 5.93. The Morgan fingerprint density at radius 1 is 1.00 bits per heavy atom. The maximum Gasteiger partial charge on any atom is 0.148 e. The summed E-state index contributed by atoms with van der Waals surface area (Å²) < 4.78 is 8.57. The SMILES string of the molecule is Nc1cc(Br)ccc1COc1c(Br)cccc1Br. The summed E-state index contributed by atoms with van der Waals surface area (Å²) in [4.78, 5) is 0. The Kier molecular flexibility index (Phi) is 4.70. The first-order valence-electron chi connectivity index (χ1n) is 5.18. The Hall–Kier alpha value is -0.520. The predicted molar refractivity (Wildman–Crippen MR) is 84.7 cm³/mol. The second-order valence-corrected chi connectivity index (χ2v) is 6.31. The Balaban J connectivity index is 2.16. The molecule has 0 amide bonds. The second-order valence-electron chi connectivity index (χ2n) is 3.68. The molecule has 5 heteroatoms. The van der Waals surface area contributed by atoms with Gasteiger partial charge in [-0.2, -0.15) is 0 Å². The molecule has 94 valence electrons. The van der Waals surface area contributed by atoms with Crippen molar-refractivity contribution in [2.45, 2.75) is 6.61 Å². The molecule has 0 radical (unpaired) electrons. The molecule has 0 saturated heterocycles. The van der Waals surface area contributed by atoms with Crippen molar-refractivity contribution in [2.75, 3.05) is 5.73 Å². The number of ether oxygens (including phenoxy) is 1. The Bertz CT molecular complexity index is 552. The highest BCUT2D eigenvalue weighted by atomic mass is 79.9. The van der Waals surface area contributed by atoms with Crippen molar-refractivity contribution in [1.82, 2.24) is 0 Å². The van der Waals surface area contributed by atoms with E-state index in [1.807, 2.05) is 36.4 Å². The van der Waals surface area contributed by atoms with Crippen molar-refractivity contribution in [3.05, 3.63) is 55.4 Å². The molecule has 2 N–H and O–H groups in total. The lowest BCUT2D eigenvalue weighted by Crippen LogP contribution is -2.01. The van der Waals surface area contributed by atoms with Gasteiger partial charge in [0.15, 0.2) is 0 Å². The molecule has 0 atom stereocenters. The predicted octanol–water partition coefficient (Wildman–Crippen LogP) is 5.14. The van der Waals surface area contributed by atoms with Gasteiger partial charge in [-0.25, -0.2) is 0 Å². The first-order chi connectivity index (χ1) is 8.58. The van der Waals surface area contributed by atoms with Crippen LogP contribution in [0.2, 0.25) is 0 Å². The minimum atomic E-state index is 0.431. The van der Waals surface area contributed by atoms with Crippen LogP contribution in [0.25, 0.3) is 0 Å². The number of hydrogen-bond acceptors (Lipinski definition) is 2. The summed E-state index contributed by atoms with van der Waals surface area (Å²) in [5, 5.41) is 0. The van der Waals surface area contributed by atoms with E-state index in [4.69, 9.17) is 10.5 Å². The van der Waals surface area contributed by atoms with Crippen LogP contribution in [0.3, 0.4) is 0 Å². The molecular weight excluding hydrogens is 426 g/mol. The molecule has 0 spiro atoms. The van der Waals surface area contributed by atoms with E-state index >= 15 is 0 Å². The number of halogens is 3. The minimum Gasteiger partial charge on any atom is -0.486 e. The molecule has 0 aliphatic carbocycles. The standard InChI is InChI=1S/C13H10Br3NO/c14-9-5-4-8(12(17)6-9)7-18-13-10(15)2-1-3-11(13)16/h1-6H,7,17H2. The first kappa shape index (κ1) is 13.9. The number of nitrogen functional groups attached to an aromatic ring is 1. The first-order valence-corrected chi connectivity index (χ1v) is 7.56. The van der Waals surface area contributed by atoms with Gasteiger partial charge in [0.05, 0.1) is 8.95 Å². The average Bonchev–Trinajstić information content (AvgIpc) is 2.31. The number of para-hydroxylation sites is 1. The summed E-state index contributed by atoms with van der Waals surface area (Å²) >= 11 is 10.3. The zero-order valence-electron chi connectivity index (χ0n) is 9.29. The molecule has 0 aliphatic rings. The molecular formula is C13H10Br3NO. The van der Waals surface area contributed by atoms with E-state index in [0.29, 0.717) is 12.3 Å². The lowest BCUT2D eigenvalue weighted by Gasteiger charge is -2.11. The number of benzene rings is 2. The molecule has 0 heterocycles. The zero-order chi connectivity index (χ0) is 13.1. The van der Waals surface area contributed by atoms with E-state index in [-0.39, 0.29) is 0 Å². The van der Waals surface area contributed by atoms with E-state index in [1.54, 1.807) is 0 Å². The van der Waals surface area contributed by atoms with Crippen LogP contribution < -0.4 is 10.5 Å². The number of rotatable bonds is 3. The van der Waals surface area contributed by atoms with E-state index in [9.17, 15) is 0 Å². The van der Waals surface area contributed by atoms with Crippen molar-refractivity contribution in [2.24, 2.45) is 0 Å². The fraction of sp³-hybridized carbons (Fsp3) is 0.0769.